The molecule has 1 aromatic heterocycles. The minimum absolute atomic E-state index is 0.615. The van der Waals surface area contributed by atoms with Gasteiger partial charge in [-0.2, -0.15) is 0 Å². The second-order valence-corrected chi connectivity index (χ2v) is 6.41. The average Bonchev–Trinajstić information content (AvgIpc) is 2.80. The third-order valence-electron chi connectivity index (χ3n) is 3.94. The van der Waals surface area contributed by atoms with Crippen molar-refractivity contribution in [1.82, 2.24) is 10.3 Å². The normalized spacial score (nSPS) is 18.3. The Morgan fingerprint density at radius 1 is 1.32 bits per heavy atom. The summed E-state index contributed by atoms with van der Waals surface area (Å²) in [6.07, 6.45) is 3.59. The van der Waals surface area contributed by atoms with Crippen LogP contribution in [-0.2, 0) is 19.4 Å². The van der Waals surface area contributed by atoms with Gasteiger partial charge in [0.15, 0.2) is 0 Å². The van der Waals surface area contributed by atoms with Gasteiger partial charge in [-0.05, 0) is 44.4 Å². The summed E-state index contributed by atoms with van der Waals surface area (Å²) in [5, 5.41) is 4.56. The van der Waals surface area contributed by atoms with Crippen molar-refractivity contribution in [2.24, 2.45) is 0 Å². The van der Waals surface area contributed by atoms with Crippen molar-refractivity contribution in [3.63, 3.8) is 0 Å². The molecule has 0 saturated heterocycles. The molecule has 0 radical (unpaired) electrons. The maximum atomic E-state index is 4.80. The van der Waals surface area contributed by atoms with Crippen LogP contribution in [0.1, 0.15) is 39.0 Å². The Labute approximate surface area is 118 Å². The summed E-state index contributed by atoms with van der Waals surface area (Å²) in [6, 6.07) is 8.85. The van der Waals surface area contributed by atoms with Gasteiger partial charge in [-0.3, -0.25) is 0 Å². The predicted octanol–water partition coefficient (Wildman–Crippen LogP) is 3.44. The fourth-order valence-corrected chi connectivity index (χ4v) is 4.07. The molecule has 2 nitrogen and oxygen atoms in total. The molecule has 2 aromatic rings. The number of nitrogens with zero attached hydrogens (tertiary/aromatic N) is 1. The van der Waals surface area contributed by atoms with Gasteiger partial charge in [0.2, 0.25) is 0 Å². The number of hydrogen-bond acceptors (Lipinski definition) is 3. The monoisotopic (exact) mass is 272 g/mol. The fourth-order valence-electron chi connectivity index (χ4n) is 2.86. The van der Waals surface area contributed by atoms with E-state index in [1.54, 1.807) is 0 Å². The molecule has 19 heavy (non-hydrogen) atoms. The van der Waals surface area contributed by atoms with Crippen LogP contribution in [0.3, 0.4) is 0 Å². The summed E-state index contributed by atoms with van der Waals surface area (Å²) >= 11 is 1.89. The summed E-state index contributed by atoms with van der Waals surface area (Å²) in [6.45, 7) is 3.07. The van der Waals surface area contributed by atoms with E-state index in [0.29, 0.717) is 5.92 Å². The first-order chi connectivity index (χ1) is 9.28. The first-order valence-corrected chi connectivity index (χ1v) is 7.77. The molecule has 1 heterocycles. The van der Waals surface area contributed by atoms with Crippen LogP contribution in [0.2, 0.25) is 0 Å². The largest absolute Gasteiger partial charge is 0.315 e. The van der Waals surface area contributed by atoms with E-state index in [-0.39, 0.29) is 0 Å². The lowest BCUT2D eigenvalue weighted by Gasteiger charge is -2.22. The summed E-state index contributed by atoms with van der Waals surface area (Å²) in [7, 11) is 2.00. The van der Waals surface area contributed by atoms with E-state index < -0.39 is 0 Å². The topological polar surface area (TPSA) is 24.9 Å². The first kappa shape index (κ1) is 12.8. The molecule has 0 spiro atoms. The van der Waals surface area contributed by atoms with Crippen molar-refractivity contribution in [2.75, 3.05) is 7.05 Å². The Bertz CT molecular complexity index is 574. The van der Waals surface area contributed by atoms with Crippen molar-refractivity contribution in [3.8, 4) is 0 Å². The summed E-state index contributed by atoms with van der Waals surface area (Å²) in [5.41, 5.74) is 4.25. The first-order valence-electron chi connectivity index (χ1n) is 6.95. The van der Waals surface area contributed by atoms with Crippen LogP contribution in [0.4, 0.5) is 0 Å². The molecule has 3 rings (SSSR count). The molecule has 3 heteroatoms. The van der Waals surface area contributed by atoms with E-state index in [1.807, 2.05) is 18.4 Å². The summed E-state index contributed by atoms with van der Waals surface area (Å²) in [4.78, 5) is 6.19. The van der Waals surface area contributed by atoms with Crippen LogP contribution in [0, 0.1) is 6.92 Å². The highest BCUT2D eigenvalue weighted by Gasteiger charge is 2.23. The zero-order valence-corrected chi connectivity index (χ0v) is 12.4. The Kier molecular flexibility index (Phi) is 3.67. The molecule has 1 unspecified atom stereocenters. The van der Waals surface area contributed by atoms with Gasteiger partial charge in [0.1, 0.15) is 0 Å². The number of aromatic nitrogens is 1. The average molecular weight is 272 g/mol. The fraction of sp³-hybridized carbons (Fsp3) is 0.438. The molecule has 0 bridgehead atoms. The van der Waals surface area contributed by atoms with E-state index in [4.69, 9.17) is 4.98 Å². The van der Waals surface area contributed by atoms with Crippen molar-refractivity contribution in [2.45, 2.75) is 38.6 Å². The van der Waals surface area contributed by atoms with Gasteiger partial charge >= 0.3 is 0 Å². The van der Waals surface area contributed by atoms with Gasteiger partial charge in [0.05, 0.1) is 10.7 Å². The van der Waals surface area contributed by atoms with Crippen LogP contribution >= 0.6 is 11.3 Å². The zero-order valence-electron chi connectivity index (χ0n) is 11.6. The van der Waals surface area contributed by atoms with Crippen molar-refractivity contribution < 1.29 is 0 Å². The number of thiazole rings is 1. The third-order valence-corrected chi connectivity index (χ3v) is 5.26. The minimum Gasteiger partial charge on any atom is -0.315 e. The van der Waals surface area contributed by atoms with E-state index in [2.05, 4.69) is 36.5 Å². The second-order valence-electron chi connectivity index (χ2n) is 5.30. The predicted molar refractivity (Wildman–Crippen MR) is 80.8 cm³/mol. The lowest BCUT2D eigenvalue weighted by atomic mass is 9.84. The van der Waals surface area contributed by atoms with Crippen LogP contribution in [-0.4, -0.2) is 12.0 Å². The quantitative estimate of drug-likeness (QED) is 0.926. The van der Waals surface area contributed by atoms with Gasteiger partial charge in [-0.25, -0.2) is 4.98 Å². The molecule has 0 saturated carbocycles. The standard InChI is InChI=1S/C16H20N2S/c1-11-15(10-17-2)19-16(18-11)14-8-7-12-5-3-4-6-13(12)9-14/h3-6,14,17H,7-10H2,1-2H3. The highest BCUT2D eigenvalue weighted by atomic mass is 32.1. The smallest absolute Gasteiger partial charge is 0.0965 e. The molecule has 0 fully saturated rings. The SMILES string of the molecule is CNCc1sc(C2CCc3ccccc3C2)nc1C. The van der Waals surface area contributed by atoms with Crippen molar-refractivity contribution in [1.29, 1.82) is 0 Å². The maximum Gasteiger partial charge on any atom is 0.0965 e. The molecule has 1 N–H and O–H groups in total. The number of nitrogens with one attached hydrogen (secondary N) is 1. The highest BCUT2D eigenvalue weighted by molar-refractivity contribution is 7.11. The molecule has 100 valence electrons. The van der Waals surface area contributed by atoms with Gasteiger partial charge in [-0.1, -0.05) is 24.3 Å². The van der Waals surface area contributed by atoms with Gasteiger partial charge in [0, 0.05) is 17.3 Å². The Balaban J connectivity index is 1.83. The van der Waals surface area contributed by atoms with Crippen molar-refractivity contribution in [3.05, 3.63) is 51.0 Å². The molecular weight excluding hydrogens is 252 g/mol. The van der Waals surface area contributed by atoms with Crippen LogP contribution in [0.25, 0.3) is 0 Å². The molecule has 1 atom stereocenters. The van der Waals surface area contributed by atoms with Crippen molar-refractivity contribution >= 4 is 11.3 Å². The molecule has 0 aliphatic heterocycles. The van der Waals surface area contributed by atoms with E-state index in [1.165, 1.54) is 39.5 Å². The van der Waals surface area contributed by atoms with Gasteiger partial charge in [0.25, 0.3) is 0 Å². The molecule has 1 aromatic carbocycles. The van der Waals surface area contributed by atoms with Gasteiger partial charge in [-0.15, -0.1) is 11.3 Å². The van der Waals surface area contributed by atoms with Gasteiger partial charge < -0.3 is 5.32 Å². The van der Waals surface area contributed by atoms with E-state index in [0.717, 1.165) is 13.0 Å². The molecule has 0 amide bonds. The van der Waals surface area contributed by atoms with E-state index >= 15 is 0 Å². The lowest BCUT2D eigenvalue weighted by Crippen LogP contribution is -2.12. The second kappa shape index (κ2) is 5.43. The number of rotatable bonds is 3. The van der Waals surface area contributed by atoms with Crippen LogP contribution in [0.15, 0.2) is 24.3 Å². The lowest BCUT2D eigenvalue weighted by molar-refractivity contribution is 0.581. The highest BCUT2D eigenvalue weighted by Crippen LogP contribution is 2.35. The minimum atomic E-state index is 0.615. The zero-order chi connectivity index (χ0) is 13.2. The number of fused-ring (bicyclic) bond motifs is 1. The maximum absolute atomic E-state index is 4.80. The number of aryl methyl sites for hydroxylation is 2. The Morgan fingerprint density at radius 2 is 2.11 bits per heavy atom. The Morgan fingerprint density at radius 3 is 2.89 bits per heavy atom. The molecule has 1 aliphatic carbocycles. The third kappa shape index (κ3) is 2.58. The molecular formula is C16H20N2S. The number of hydrogen-bond donors (Lipinski definition) is 1. The number of benzene rings is 1. The van der Waals surface area contributed by atoms with Crippen LogP contribution < -0.4 is 5.32 Å². The summed E-state index contributed by atoms with van der Waals surface area (Å²) in [5.74, 6) is 0.615. The van der Waals surface area contributed by atoms with E-state index in [9.17, 15) is 0 Å². The molecule has 1 aliphatic rings. The summed E-state index contributed by atoms with van der Waals surface area (Å²) < 4.78 is 0. The Hall–Kier alpha value is -1.19. The van der Waals surface area contributed by atoms with Crippen LogP contribution in [0.5, 0.6) is 0 Å².